The minimum Gasteiger partial charge on any atom is -0.394 e. The van der Waals surface area contributed by atoms with Crippen LogP contribution in [-0.4, -0.2) is 104 Å². The zero-order chi connectivity index (χ0) is 22.8. The van der Waals surface area contributed by atoms with Crippen molar-refractivity contribution in [1.29, 1.82) is 0 Å². The van der Waals surface area contributed by atoms with Gasteiger partial charge in [0.2, 0.25) is 0 Å². The molecule has 0 aromatic rings. The Hall–Kier alpha value is -0.220. The van der Waals surface area contributed by atoms with Gasteiger partial charge in [-0.25, -0.2) is 9.44 Å². The molecule has 10 atom stereocenters. The second kappa shape index (κ2) is 10.8. The Morgan fingerprint density at radius 1 is 1.16 bits per heavy atom. The predicted octanol–water partition coefficient (Wildman–Crippen LogP) is -1.59. The summed E-state index contributed by atoms with van der Waals surface area (Å²) < 4.78 is 73.2. The van der Waals surface area contributed by atoms with Crippen molar-refractivity contribution < 1.29 is 69.9 Å². The average Bonchev–Trinajstić information content (AvgIpc) is 3.01. The number of methoxy groups -OCH3 is 1. The first-order valence-corrected chi connectivity index (χ1v) is 11.1. The van der Waals surface area contributed by atoms with Crippen molar-refractivity contribution in [3.63, 3.8) is 0 Å². The predicted molar refractivity (Wildman–Crippen MR) is 94.9 cm³/mol. The Morgan fingerprint density at radius 2 is 1.90 bits per heavy atom. The van der Waals surface area contributed by atoms with Gasteiger partial charge in [0.1, 0.15) is 36.6 Å². The van der Waals surface area contributed by atoms with Crippen LogP contribution in [0.4, 0.5) is 0 Å². The van der Waals surface area contributed by atoms with E-state index in [1.165, 1.54) is 7.11 Å². The maximum Gasteiger partial charge on any atom is 0.397 e. The largest absolute Gasteiger partial charge is 0.397 e. The molecule has 3 fully saturated rings. The first-order chi connectivity index (χ1) is 14.7. The van der Waals surface area contributed by atoms with Crippen LogP contribution in [0.1, 0.15) is 6.92 Å². The molecule has 0 aromatic heterocycles. The van der Waals surface area contributed by atoms with Crippen molar-refractivity contribution in [2.45, 2.75) is 62.2 Å². The molecule has 3 saturated heterocycles. The molecule has 0 aliphatic carbocycles. The second-order valence-electron chi connectivity index (χ2n) is 7.01. The van der Waals surface area contributed by atoms with Crippen LogP contribution >= 0.6 is 12.3 Å². The summed E-state index contributed by atoms with van der Waals surface area (Å²) in [4.78, 5) is 0. The highest BCUT2D eigenvalue weighted by atomic mass is 32.3. The first kappa shape index (κ1) is 25.4. The first-order valence-electron chi connectivity index (χ1n) is 9.05. The number of fused-ring (bicyclic) bond motifs is 2. The molecule has 31 heavy (non-hydrogen) atoms. The van der Waals surface area contributed by atoms with Crippen LogP contribution in [0.5, 0.6) is 0 Å². The van der Waals surface area contributed by atoms with Crippen LogP contribution in [0, 0.1) is 5.92 Å². The van der Waals surface area contributed by atoms with E-state index in [0.29, 0.717) is 0 Å². The molecule has 0 saturated carbocycles. The molecule has 0 radical (unpaired) electrons. The maximum absolute atomic E-state index is 11.2. The Balaban J connectivity index is 1.71. The van der Waals surface area contributed by atoms with Gasteiger partial charge in [0.25, 0.3) is 0 Å². The van der Waals surface area contributed by atoms with Gasteiger partial charge in [0.05, 0.1) is 13.2 Å². The lowest BCUT2D eigenvalue weighted by Crippen LogP contribution is -2.61. The third-order valence-electron chi connectivity index (χ3n) is 5.20. The van der Waals surface area contributed by atoms with Crippen molar-refractivity contribution in [2.75, 3.05) is 20.3 Å². The molecule has 3 heterocycles. The molecule has 4 unspecified atom stereocenters. The second-order valence-corrected chi connectivity index (χ2v) is 8.53. The van der Waals surface area contributed by atoms with Crippen molar-refractivity contribution in [1.82, 2.24) is 0 Å². The zero-order valence-electron chi connectivity index (χ0n) is 16.3. The lowest BCUT2D eigenvalue weighted by Gasteiger charge is -2.45. The Morgan fingerprint density at radius 3 is 2.52 bits per heavy atom. The maximum atomic E-state index is 11.2. The number of aliphatic hydroxyl groups excluding tert-OH is 2. The molecule has 0 amide bonds. The molecule has 4 N–H and O–H groups in total. The summed E-state index contributed by atoms with van der Waals surface area (Å²) in [5.41, 5.74) is 0. The smallest absolute Gasteiger partial charge is 0.394 e. The van der Waals surface area contributed by atoms with Gasteiger partial charge in [-0.05, 0) is 0 Å². The molecule has 3 rings (SSSR count). The molecule has 17 heteroatoms. The molecule has 3 aliphatic heterocycles. The van der Waals surface area contributed by atoms with Crippen LogP contribution in [0.3, 0.4) is 0 Å². The molecule has 2 bridgehead atoms. The molecule has 0 spiro atoms. The van der Waals surface area contributed by atoms with E-state index < -0.39 is 78.2 Å². The van der Waals surface area contributed by atoms with E-state index >= 15 is 0 Å². The van der Waals surface area contributed by atoms with E-state index in [1.807, 2.05) is 0 Å². The van der Waals surface area contributed by atoms with E-state index in [9.17, 15) is 18.6 Å². The minimum atomic E-state index is -4.87. The third kappa shape index (κ3) is 5.83. The summed E-state index contributed by atoms with van der Waals surface area (Å²) in [5, 5.41) is 31.9. The van der Waals surface area contributed by atoms with Crippen LogP contribution in [0.15, 0.2) is 0 Å². The average molecular weight is 496 g/mol. The van der Waals surface area contributed by atoms with Gasteiger partial charge in [-0.2, -0.15) is 8.42 Å². The summed E-state index contributed by atoms with van der Waals surface area (Å²) in [6.45, 7) is 1.10. The third-order valence-corrected chi connectivity index (χ3v) is 6.08. The highest BCUT2D eigenvalue weighted by Crippen LogP contribution is 2.38. The lowest BCUT2D eigenvalue weighted by atomic mass is 9.90. The van der Waals surface area contributed by atoms with Gasteiger partial charge in [0, 0.05) is 13.0 Å². The van der Waals surface area contributed by atoms with E-state index in [2.05, 4.69) is 13.6 Å². The van der Waals surface area contributed by atoms with Gasteiger partial charge in [-0.3, -0.25) is 8.74 Å². The van der Waals surface area contributed by atoms with Crippen LogP contribution in [0.2, 0.25) is 0 Å². The van der Waals surface area contributed by atoms with Crippen molar-refractivity contribution in [3.05, 3.63) is 0 Å². The van der Waals surface area contributed by atoms with Crippen molar-refractivity contribution in [2.24, 2.45) is 5.92 Å². The summed E-state index contributed by atoms with van der Waals surface area (Å²) >= 11 is 0.274. The van der Waals surface area contributed by atoms with Crippen LogP contribution in [-0.2, 0) is 51.8 Å². The number of hydrogen-bond donors (Lipinski definition) is 4. The van der Waals surface area contributed by atoms with Gasteiger partial charge in [-0.15, -0.1) is 4.33 Å². The Bertz CT molecular complexity index is 677. The molecule has 15 nitrogen and oxygen atoms in total. The van der Waals surface area contributed by atoms with Crippen molar-refractivity contribution >= 4 is 22.7 Å². The minimum absolute atomic E-state index is 0.00318. The van der Waals surface area contributed by atoms with E-state index in [1.54, 1.807) is 6.92 Å². The fourth-order valence-corrected chi connectivity index (χ4v) is 4.68. The Kier molecular flexibility index (Phi) is 8.85. The SMILES string of the molecule is CO[C@H]1OC2CO[C@@H](C1OS(=O)(=O)O)[C@H]2O[C@@H]1OC(CO)[C@H](OSOOO)[C@H](C)C1O. The number of aliphatic hydroxyl groups is 2. The fourth-order valence-electron chi connectivity index (χ4n) is 3.75. The van der Waals surface area contributed by atoms with Gasteiger partial charge < -0.3 is 33.9 Å². The zero-order valence-corrected chi connectivity index (χ0v) is 17.9. The highest BCUT2D eigenvalue weighted by molar-refractivity contribution is 7.89. The molecule has 3 aliphatic rings. The monoisotopic (exact) mass is 496 g/mol. The normalized spacial score (nSPS) is 43.3. The summed E-state index contributed by atoms with van der Waals surface area (Å²) in [7, 11) is -3.61. The molecule has 182 valence electrons. The summed E-state index contributed by atoms with van der Waals surface area (Å²) in [6.07, 6.45) is -9.63. The number of ether oxygens (including phenoxy) is 5. The number of hydrogen-bond acceptors (Lipinski definition) is 15. The Labute approximate surface area is 181 Å². The highest BCUT2D eigenvalue weighted by Gasteiger charge is 2.56. The van der Waals surface area contributed by atoms with Crippen molar-refractivity contribution in [3.8, 4) is 0 Å². The fraction of sp³-hybridized carbons (Fsp3) is 1.00. The summed E-state index contributed by atoms with van der Waals surface area (Å²) in [6, 6.07) is 0. The van der Waals surface area contributed by atoms with E-state index in [4.69, 9.17) is 37.7 Å². The standard InChI is InChI=1S/C14H24O15S2/c1-5-8(16)13(23-6(3-15)9(5)26-30-29-28-17)25-10-7-4-22-11(10)12(14(21-2)24-7)27-31(18,19)20/h5-17H,3-4H2,1-2H3,(H,18,19,20)/t5-,6?,7?,8?,9-,10+,11-,12?,13+,14+/m1/s1. The molecular formula is C14H24O15S2. The van der Waals surface area contributed by atoms with Gasteiger partial charge in [-0.1, -0.05) is 12.0 Å². The molecule has 0 aromatic carbocycles. The van der Waals surface area contributed by atoms with Gasteiger partial charge in [0.15, 0.2) is 31.0 Å². The summed E-state index contributed by atoms with van der Waals surface area (Å²) in [5.74, 6) is -0.648. The number of rotatable bonds is 10. The topological polar surface area (TPSA) is 198 Å². The van der Waals surface area contributed by atoms with E-state index in [0.717, 1.165) is 0 Å². The van der Waals surface area contributed by atoms with Crippen LogP contribution < -0.4 is 0 Å². The van der Waals surface area contributed by atoms with E-state index in [-0.39, 0.29) is 18.9 Å². The quantitative estimate of drug-likeness (QED) is 0.0886. The van der Waals surface area contributed by atoms with Crippen LogP contribution in [0.25, 0.3) is 0 Å². The van der Waals surface area contributed by atoms with Gasteiger partial charge >= 0.3 is 10.4 Å². The molecular weight excluding hydrogens is 472 g/mol. The lowest BCUT2D eigenvalue weighted by molar-refractivity contribution is -0.435.